The third kappa shape index (κ3) is 3.89. The monoisotopic (exact) mass is 268 g/mol. The van der Waals surface area contributed by atoms with E-state index in [1.807, 2.05) is 24.5 Å². The molecule has 2 nitrogen and oxygen atoms in total. The molecular formula is C18H24N2. The normalized spacial score (nSPS) is 10.7. The Bertz CT molecular complexity index is 485. The molecule has 2 aromatic rings. The van der Waals surface area contributed by atoms with E-state index in [4.69, 9.17) is 0 Å². The van der Waals surface area contributed by atoms with Gasteiger partial charge in [0, 0.05) is 23.8 Å². The van der Waals surface area contributed by atoms with E-state index < -0.39 is 0 Å². The minimum Gasteiger partial charge on any atom is -0.261 e. The fourth-order valence-corrected chi connectivity index (χ4v) is 2.67. The smallest absolute Gasteiger partial charge is 0.0432 e. The molecule has 20 heavy (non-hydrogen) atoms. The molecule has 106 valence electrons. The first kappa shape index (κ1) is 14.7. The van der Waals surface area contributed by atoms with E-state index in [2.05, 4.69) is 35.9 Å². The van der Waals surface area contributed by atoms with Gasteiger partial charge in [-0.05, 0) is 61.8 Å². The highest BCUT2D eigenvalue weighted by atomic mass is 14.7. The summed E-state index contributed by atoms with van der Waals surface area (Å²) in [7, 11) is 0. The van der Waals surface area contributed by atoms with E-state index in [-0.39, 0.29) is 0 Å². The van der Waals surface area contributed by atoms with Crippen LogP contribution >= 0.6 is 0 Å². The van der Waals surface area contributed by atoms with Crippen molar-refractivity contribution in [1.29, 1.82) is 0 Å². The van der Waals surface area contributed by atoms with Gasteiger partial charge in [-0.1, -0.05) is 26.0 Å². The molecule has 0 atom stereocenters. The van der Waals surface area contributed by atoms with E-state index in [1.165, 1.54) is 35.4 Å². The van der Waals surface area contributed by atoms with Gasteiger partial charge in [0.15, 0.2) is 0 Å². The Morgan fingerprint density at radius 2 is 1.20 bits per heavy atom. The van der Waals surface area contributed by atoms with Crippen molar-refractivity contribution in [3.05, 3.63) is 59.2 Å². The fourth-order valence-electron chi connectivity index (χ4n) is 2.67. The van der Waals surface area contributed by atoms with E-state index in [9.17, 15) is 0 Å². The maximum Gasteiger partial charge on any atom is 0.0432 e. The summed E-state index contributed by atoms with van der Waals surface area (Å²) in [5.74, 6) is 0. The number of hydrogen-bond acceptors (Lipinski definition) is 2. The van der Waals surface area contributed by atoms with Crippen molar-refractivity contribution in [3.63, 3.8) is 0 Å². The third-order valence-corrected chi connectivity index (χ3v) is 3.78. The van der Waals surface area contributed by atoms with Gasteiger partial charge in [0.25, 0.3) is 0 Å². The van der Waals surface area contributed by atoms with Crippen molar-refractivity contribution in [2.75, 3.05) is 0 Å². The minimum atomic E-state index is 1.03. The first-order valence-electron chi connectivity index (χ1n) is 7.70. The van der Waals surface area contributed by atoms with Crippen LogP contribution in [0.3, 0.4) is 0 Å². The van der Waals surface area contributed by atoms with Crippen molar-refractivity contribution < 1.29 is 0 Å². The first-order chi connectivity index (χ1) is 9.85. The van der Waals surface area contributed by atoms with Crippen LogP contribution in [0.15, 0.2) is 36.7 Å². The highest BCUT2D eigenvalue weighted by molar-refractivity contribution is 5.21. The summed E-state index contributed by atoms with van der Waals surface area (Å²) in [6.07, 6.45) is 10.6. The predicted molar refractivity (Wildman–Crippen MR) is 83.9 cm³/mol. The molecule has 2 heterocycles. The van der Waals surface area contributed by atoms with Gasteiger partial charge in [0.05, 0.1) is 0 Å². The van der Waals surface area contributed by atoms with Gasteiger partial charge in [-0.2, -0.15) is 0 Å². The van der Waals surface area contributed by atoms with Crippen LogP contribution < -0.4 is 0 Å². The molecule has 0 saturated heterocycles. The molecule has 0 saturated carbocycles. The average Bonchev–Trinajstić information content (AvgIpc) is 2.52. The van der Waals surface area contributed by atoms with E-state index in [1.54, 1.807) is 0 Å². The summed E-state index contributed by atoms with van der Waals surface area (Å²) in [4.78, 5) is 8.90. The zero-order valence-electron chi connectivity index (χ0n) is 12.6. The van der Waals surface area contributed by atoms with Crippen LogP contribution in [-0.2, 0) is 25.7 Å². The van der Waals surface area contributed by atoms with Crippen LogP contribution in [0.5, 0.6) is 0 Å². The quantitative estimate of drug-likeness (QED) is 0.704. The molecule has 0 spiro atoms. The Morgan fingerprint density at radius 3 is 1.60 bits per heavy atom. The van der Waals surface area contributed by atoms with Crippen molar-refractivity contribution in [3.8, 4) is 0 Å². The van der Waals surface area contributed by atoms with Gasteiger partial charge in [-0.3, -0.25) is 9.97 Å². The van der Waals surface area contributed by atoms with Crippen molar-refractivity contribution in [2.24, 2.45) is 0 Å². The highest BCUT2D eigenvalue weighted by Crippen LogP contribution is 2.14. The lowest BCUT2D eigenvalue weighted by Crippen LogP contribution is -1.99. The standard InChI is InChI=1S/C18H24N2/c1-3-17-15(11-7-13-19-17)9-5-6-10-16-12-8-14-20-18(16)4-2/h7-8,11-14H,3-6,9-10H2,1-2H3. The lowest BCUT2D eigenvalue weighted by atomic mass is 10.0. The maximum atomic E-state index is 4.45. The number of aryl methyl sites for hydroxylation is 4. The molecule has 0 aliphatic rings. The molecule has 0 bridgehead atoms. The number of rotatable bonds is 7. The second-order valence-corrected chi connectivity index (χ2v) is 5.13. The second-order valence-electron chi connectivity index (χ2n) is 5.13. The Labute approximate surface area is 122 Å². The average molecular weight is 268 g/mol. The maximum absolute atomic E-state index is 4.45. The van der Waals surface area contributed by atoms with Crippen molar-refractivity contribution in [1.82, 2.24) is 9.97 Å². The van der Waals surface area contributed by atoms with Crippen LogP contribution in [0, 0.1) is 0 Å². The fraction of sp³-hybridized carbons (Fsp3) is 0.444. The topological polar surface area (TPSA) is 25.8 Å². The van der Waals surface area contributed by atoms with Crippen LogP contribution in [0.25, 0.3) is 0 Å². The molecule has 0 aromatic carbocycles. The van der Waals surface area contributed by atoms with Gasteiger partial charge in [0.2, 0.25) is 0 Å². The summed E-state index contributed by atoms with van der Waals surface area (Å²) in [5.41, 5.74) is 5.33. The number of pyridine rings is 2. The van der Waals surface area contributed by atoms with Gasteiger partial charge in [-0.15, -0.1) is 0 Å². The second kappa shape index (κ2) is 7.78. The number of hydrogen-bond donors (Lipinski definition) is 0. The van der Waals surface area contributed by atoms with Gasteiger partial charge < -0.3 is 0 Å². The summed E-state index contributed by atoms with van der Waals surface area (Å²) >= 11 is 0. The lowest BCUT2D eigenvalue weighted by molar-refractivity contribution is 0.718. The van der Waals surface area contributed by atoms with Crippen molar-refractivity contribution >= 4 is 0 Å². The molecule has 0 N–H and O–H groups in total. The largest absolute Gasteiger partial charge is 0.261 e. The van der Waals surface area contributed by atoms with Crippen LogP contribution in [0.1, 0.15) is 49.2 Å². The Hall–Kier alpha value is -1.70. The molecule has 0 radical (unpaired) electrons. The zero-order chi connectivity index (χ0) is 14.2. The number of unbranched alkanes of at least 4 members (excludes halogenated alkanes) is 1. The summed E-state index contributed by atoms with van der Waals surface area (Å²) in [5, 5.41) is 0. The van der Waals surface area contributed by atoms with E-state index >= 15 is 0 Å². The Kier molecular flexibility index (Phi) is 5.72. The van der Waals surface area contributed by atoms with Crippen LogP contribution in [0.4, 0.5) is 0 Å². The van der Waals surface area contributed by atoms with Gasteiger partial charge in [-0.25, -0.2) is 0 Å². The number of nitrogens with zero attached hydrogens (tertiary/aromatic N) is 2. The first-order valence-corrected chi connectivity index (χ1v) is 7.70. The molecule has 2 aromatic heterocycles. The Morgan fingerprint density at radius 1 is 0.750 bits per heavy atom. The van der Waals surface area contributed by atoms with Crippen LogP contribution in [0.2, 0.25) is 0 Å². The lowest BCUT2D eigenvalue weighted by Gasteiger charge is -2.08. The SMILES string of the molecule is CCc1ncccc1CCCCc1cccnc1CC. The minimum absolute atomic E-state index is 1.03. The molecule has 0 amide bonds. The molecule has 2 heteroatoms. The molecule has 0 unspecified atom stereocenters. The van der Waals surface area contributed by atoms with Gasteiger partial charge in [0.1, 0.15) is 0 Å². The molecule has 0 aliphatic heterocycles. The van der Waals surface area contributed by atoms with E-state index in [0.29, 0.717) is 0 Å². The molecule has 0 aliphatic carbocycles. The summed E-state index contributed by atoms with van der Waals surface area (Å²) in [6.45, 7) is 4.35. The molecular weight excluding hydrogens is 244 g/mol. The zero-order valence-corrected chi connectivity index (χ0v) is 12.6. The van der Waals surface area contributed by atoms with Crippen LogP contribution in [-0.4, -0.2) is 9.97 Å². The molecule has 2 rings (SSSR count). The van der Waals surface area contributed by atoms with Crippen molar-refractivity contribution in [2.45, 2.75) is 52.4 Å². The molecule has 0 fully saturated rings. The third-order valence-electron chi connectivity index (χ3n) is 3.78. The van der Waals surface area contributed by atoms with Gasteiger partial charge >= 0.3 is 0 Å². The number of aromatic nitrogens is 2. The van der Waals surface area contributed by atoms with E-state index in [0.717, 1.165) is 25.7 Å². The Balaban J connectivity index is 1.84. The summed E-state index contributed by atoms with van der Waals surface area (Å²) in [6, 6.07) is 8.52. The summed E-state index contributed by atoms with van der Waals surface area (Å²) < 4.78 is 0. The predicted octanol–water partition coefficient (Wildman–Crippen LogP) is 4.17. The highest BCUT2D eigenvalue weighted by Gasteiger charge is 2.03.